The van der Waals surface area contributed by atoms with Gasteiger partial charge in [-0.25, -0.2) is 48.1 Å². The van der Waals surface area contributed by atoms with Crippen molar-refractivity contribution in [1.82, 2.24) is 20.5 Å². The number of aromatic nitrogens is 3. The lowest BCUT2D eigenvalue weighted by molar-refractivity contribution is -0.138. The SMILES string of the molecule is C.C.C.CNC(=O)c1sc(C(C)(C)C)cc1NC(=O)Nc1ccc(C)cc1.COC(=O)c1sc(C(C)(C)C)cc1NC(=O)Nc1ccc2c(c1)C=CC2.COC(=O)c1sc(C(C)(C)C)cc1NC(=O)Nc1ncc(C(C)(C)C)s1.COC(=O)c1sc(C(C)(C)C)cc1NC(=O)Nc1nnc(C(F)(F)F)s1.COC(=O)c1sc(CBr)cc1NC(=O)Nc1ccc(C)cc1. The molecule has 39 heteroatoms. The molecule has 11 N–H and O–H groups in total. The van der Waals surface area contributed by atoms with E-state index in [0.717, 1.165) is 63.7 Å². The fraction of sp³-hybridized carbons (Fsp3) is 0.375. The van der Waals surface area contributed by atoms with E-state index in [2.05, 4.69) is 158 Å². The molecule has 0 aliphatic heterocycles. The summed E-state index contributed by atoms with van der Waals surface area (Å²) in [5.74, 6) is -2.23. The standard InChI is InChI=1S/C20H22N2O3S.C18H25N3O3S2.C18H23N3O2S.C15H15BrN2O3S.C14H15F3N4O3S2.3CH4/c1-20(2,3)16-11-15(17(26-16)18(23)25-4)22-19(24)21-14-9-8-12-6-5-7-13(12)10-14;1-17(2,3)11-8-10(13(25-11)14(22)24-7)20-15(23)21-16-19-9-12(26-16)18(4,5)6;1-11-6-8-12(9-7-11)20-17(23)21-13-10-14(18(2,3)4)24-15(13)16(22)19-5;1-9-3-5-10(6-4-9)17-15(20)18-12-7-11(8-16)22-13(12)14(19)21-2;1-13(2,3)7-5-6(8(25-7)9(22)24-4)18-11(23)19-12-21-20-10(26-12)14(15,16)17;;;/h5,7-11H,6H2,1-4H3,(H2,21,22,24);8-9H,1-7H3,(H2,19,20,21,23);6-10H,1-5H3,(H,19,22)(H2,20,21,23);3-7H,8H2,1-2H3,(H2,17,18,20);5H,1-4H3,(H2,18,19,21,23);3*1H4. The van der Waals surface area contributed by atoms with Crippen molar-refractivity contribution in [3.8, 4) is 0 Å². The average Bonchev–Trinajstić information content (AvgIpc) is 1.68. The van der Waals surface area contributed by atoms with Crippen molar-refractivity contribution in [1.29, 1.82) is 0 Å². The summed E-state index contributed by atoms with van der Waals surface area (Å²) in [4.78, 5) is 133. The van der Waals surface area contributed by atoms with Crippen LogP contribution in [0.1, 0.15) is 231 Å². The number of fused-ring (bicyclic) bond motifs is 1. The van der Waals surface area contributed by atoms with Gasteiger partial charge in [-0.15, -0.1) is 78.2 Å². The number of nitrogens with zero attached hydrogens (tertiary/aromatic N) is 3. The van der Waals surface area contributed by atoms with E-state index in [4.69, 9.17) is 18.9 Å². The summed E-state index contributed by atoms with van der Waals surface area (Å²) in [6, 6.07) is 27.2. The van der Waals surface area contributed by atoms with Crippen LogP contribution in [0.3, 0.4) is 0 Å². The van der Waals surface area contributed by atoms with Gasteiger partial charge in [0, 0.05) is 64.9 Å². The van der Waals surface area contributed by atoms with Gasteiger partial charge in [-0.3, -0.25) is 15.4 Å². The van der Waals surface area contributed by atoms with Gasteiger partial charge in [0.25, 0.3) is 5.91 Å². The molecule has 0 unspecified atom stereocenters. The van der Waals surface area contributed by atoms with E-state index in [1.54, 1.807) is 25.4 Å². The number of carbonyl (C=O) groups is 10. The molecule has 3 aromatic carbocycles. The number of hydrogen-bond acceptors (Lipinski definition) is 24. The number of urea groups is 5. The lowest BCUT2D eigenvalue weighted by Gasteiger charge is -2.15. The number of halogens is 4. The molecule has 127 heavy (non-hydrogen) atoms. The Hall–Kier alpha value is -10.9. The third-order valence-corrected chi connectivity index (χ3v) is 27.5. The number of esters is 4. The summed E-state index contributed by atoms with van der Waals surface area (Å²) in [5, 5.41) is 35.1. The zero-order valence-electron chi connectivity index (χ0n) is 72.3. The molecule has 688 valence electrons. The van der Waals surface area contributed by atoms with Crippen molar-refractivity contribution in [3.05, 3.63) is 190 Å². The van der Waals surface area contributed by atoms with E-state index in [9.17, 15) is 61.1 Å². The van der Waals surface area contributed by atoms with Gasteiger partial charge < -0.3 is 66.8 Å². The number of ether oxygens (including phenoxy) is 4. The van der Waals surface area contributed by atoms with Gasteiger partial charge in [0.05, 0.1) is 56.9 Å². The molecule has 28 nitrogen and oxygen atoms in total. The van der Waals surface area contributed by atoms with Gasteiger partial charge >= 0.3 is 60.2 Å². The van der Waals surface area contributed by atoms with E-state index in [1.165, 1.54) is 90.7 Å². The summed E-state index contributed by atoms with van der Waals surface area (Å²) in [5.41, 5.74) is 8.08. The maximum absolute atomic E-state index is 12.5. The van der Waals surface area contributed by atoms with Gasteiger partial charge in [0.15, 0.2) is 5.13 Å². The van der Waals surface area contributed by atoms with Crippen LogP contribution in [0.2, 0.25) is 0 Å². The fourth-order valence-electron chi connectivity index (χ4n) is 10.3. The second-order valence-electron chi connectivity index (χ2n) is 32.4. The first kappa shape index (κ1) is 108. The van der Waals surface area contributed by atoms with Crippen LogP contribution < -0.4 is 58.5 Å². The second kappa shape index (κ2) is 46.7. The Balaban J connectivity index is 0.000000331. The Labute approximate surface area is 775 Å². The lowest BCUT2D eigenvalue weighted by Crippen LogP contribution is -2.22. The zero-order valence-corrected chi connectivity index (χ0v) is 79.6. The Morgan fingerprint density at radius 3 is 1.06 bits per heavy atom. The molecule has 0 atom stereocenters. The number of hydrogen-bond donors (Lipinski definition) is 11. The first-order chi connectivity index (χ1) is 57.8. The third kappa shape index (κ3) is 32.1. The van der Waals surface area contributed by atoms with Gasteiger partial charge in [0.1, 0.15) is 24.4 Å². The molecule has 0 saturated heterocycles. The van der Waals surface area contributed by atoms with Crippen molar-refractivity contribution < 1.29 is 80.1 Å². The number of carbonyl (C=O) groups excluding carboxylic acids is 10. The minimum Gasteiger partial charge on any atom is -0.465 e. The van der Waals surface area contributed by atoms with Crippen LogP contribution in [0.25, 0.3) is 6.08 Å². The van der Waals surface area contributed by atoms with Crippen molar-refractivity contribution in [3.63, 3.8) is 0 Å². The number of allylic oxidation sites excluding steroid dienone is 1. The minimum absolute atomic E-state index is 0. The number of thiophene rings is 5. The molecular formula is C88H112BrF3N14O14S7. The predicted octanol–water partition coefficient (Wildman–Crippen LogP) is 25.3. The smallest absolute Gasteiger partial charge is 0.445 e. The first-order valence-corrected chi connectivity index (χ1v) is 44.7. The highest BCUT2D eigenvalue weighted by atomic mass is 79.9. The van der Waals surface area contributed by atoms with E-state index in [0.29, 0.717) is 69.8 Å². The van der Waals surface area contributed by atoms with Crippen LogP contribution >= 0.6 is 95.3 Å². The number of amides is 11. The van der Waals surface area contributed by atoms with Gasteiger partial charge in [-0.1, -0.05) is 207 Å². The van der Waals surface area contributed by atoms with Crippen LogP contribution in [0.5, 0.6) is 0 Å². The molecule has 10 aromatic rings. The van der Waals surface area contributed by atoms with E-state index < -0.39 is 59.2 Å². The Bertz CT molecular complexity index is 5380. The Morgan fingerprint density at radius 2 is 0.724 bits per heavy atom. The molecule has 1 aliphatic carbocycles. The minimum atomic E-state index is -4.64. The van der Waals surface area contributed by atoms with Crippen LogP contribution in [-0.4, -0.2) is 111 Å². The number of rotatable bonds is 16. The highest BCUT2D eigenvalue weighted by molar-refractivity contribution is 9.08. The molecule has 0 spiro atoms. The largest absolute Gasteiger partial charge is 0.465 e. The number of methoxy groups -OCH3 is 4. The summed E-state index contributed by atoms with van der Waals surface area (Å²) in [6.45, 7) is 34.6. The number of aryl methyl sites for hydroxylation is 2. The Kier molecular flexibility index (Phi) is 39.8. The topological polar surface area (TPSA) is 379 Å². The monoisotopic (exact) mass is 1950 g/mol. The van der Waals surface area contributed by atoms with Gasteiger partial charge in [0.2, 0.25) is 10.1 Å². The summed E-state index contributed by atoms with van der Waals surface area (Å²) >= 11 is 11.5. The van der Waals surface area contributed by atoms with Crippen molar-refractivity contribution in [2.24, 2.45) is 0 Å². The Morgan fingerprint density at radius 1 is 0.394 bits per heavy atom. The molecule has 0 bridgehead atoms. The van der Waals surface area contributed by atoms with Crippen LogP contribution in [0.4, 0.5) is 92.9 Å². The van der Waals surface area contributed by atoms with Crippen LogP contribution in [0, 0.1) is 13.8 Å². The molecule has 0 radical (unpaired) electrons. The summed E-state index contributed by atoms with van der Waals surface area (Å²) < 4.78 is 56.6. The van der Waals surface area contributed by atoms with E-state index >= 15 is 0 Å². The maximum atomic E-state index is 12.5. The molecular weight excluding hydrogens is 1840 g/mol. The lowest BCUT2D eigenvalue weighted by atomic mass is 9.94. The summed E-state index contributed by atoms with van der Waals surface area (Å²) in [6.07, 6.45) is 2.19. The van der Waals surface area contributed by atoms with Crippen LogP contribution in [-0.2, 0) is 63.9 Å². The third-order valence-electron chi connectivity index (χ3n) is 17.0. The highest BCUT2D eigenvalue weighted by Crippen LogP contribution is 2.42. The number of anilines is 10. The molecule has 1 aliphatic rings. The summed E-state index contributed by atoms with van der Waals surface area (Å²) in [7, 11) is 6.76. The molecule has 7 heterocycles. The van der Waals surface area contributed by atoms with E-state index in [1.807, 2.05) is 146 Å². The normalized spacial score (nSPS) is 11.3. The molecule has 7 aromatic heterocycles. The quantitative estimate of drug-likeness (QED) is 0.0243. The maximum Gasteiger partial charge on any atom is 0.445 e. The fourth-order valence-corrected chi connectivity index (χ4v) is 17.5. The zero-order chi connectivity index (χ0) is 92.3. The molecule has 0 fully saturated rings. The second-order valence-corrected chi connectivity index (χ2v) is 40.3. The highest BCUT2D eigenvalue weighted by Gasteiger charge is 2.37. The van der Waals surface area contributed by atoms with Gasteiger partial charge in [-0.2, -0.15) is 13.2 Å². The number of alkyl halides is 4. The van der Waals surface area contributed by atoms with Crippen molar-refractivity contribution >= 4 is 217 Å². The van der Waals surface area contributed by atoms with Crippen molar-refractivity contribution in [2.75, 3.05) is 88.7 Å². The average molecular weight is 1950 g/mol. The molecule has 0 saturated carbocycles. The van der Waals surface area contributed by atoms with E-state index in [-0.39, 0.29) is 88.3 Å². The number of thiazole rings is 1. The first-order valence-electron chi connectivity index (χ1n) is 37.9. The molecule has 11 amide bonds. The number of nitrogens with one attached hydrogen (secondary N) is 11. The van der Waals surface area contributed by atoms with Crippen LogP contribution in [0.15, 0.2) is 109 Å². The number of benzene rings is 3. The predicted molar refractivity (Wildman–Crippen MR) is 518 cm³/mol. The molecule has 11 rings (SSSR count). The van der Waals surface area contributed by atoms with Crippen molar-refractivity contribution in [2.45, 2.75) is 185 Å². The van der Waals surface area contributed by atoms with Gasteiger partial charge in [-0.05, 0) is 125 Å².